The zero-order valence-electron chi connectivity index (χ0n) is 12.3. The Labute approximate surface area is 113 Å². The van der Waals surface area contributed by atoms with Crippen molar-refractivity contribution in [2.75, 3.05) is 27.2 Å². The van der Waals surface area contributed by atoms with E-state index in [1.807, 2.05) is 0 Å². The van der Waals surface area contributed by atoms with Gasteiger partial charge >= 0.3 is 5.69 Å². The van der Waals surface area contributed by atoms with Crippen LogP contribution in [0.15, 0.2) is 15.7 Å². The highest BCUT2D eigenvalue weighted by molar-refractivity contribution is 5.01. The summed E-state index contributed by atoms with van der Waals surface area (Å²) in [5, 5.41) is 3.26. The predicted molar refractivity (Wildman–Crippen MR) is 76.4 cm³/mol. The van der Waals surface area contributed by atoms with E-state index in [0.717, 1.165) is 36.2 Å². The molecule has 0 amide bonds. The molecule has 0 saturated carbocycles. The lowest BCUT2D eigenvalue weighted by Gasteiger charge is -2.11. The minimum absolute atomic E-state index is 0.257. The maximum Gasteiger partial charge on any atom is 0.330 e. The summed E-state index contributed by atoms with van der Waals surface area (Å²) in [6.07, 6.45) is 2.21. The second kappa shape index (κ2) is 7.25. The molecule has 0 aliphatic rings. The highest BCUT2D eigenvalue weighted by Crippen LogP contribution is 1.92. The van der Waals surface area contributed by atoms with Crippen LogP contribution in [0.25, 0.3) is 0 Å². The standard InChI is InChI=1S/C13H24N4O2/c1-15(2)8-6-5-7-14-10-11-9-12(18)17(4)13(19)16(11)3/h9,14H,5-8,10H2,1-4H3. The molecule has 1 rings (SSSR count). The summed E-state index contributed by atoms with van der Waals surface area (Å²) < 4.78 is 2.62. The first kappa shape index (κ1) is 15.7. The van der Waals surface area contributed by atoms with Crippen molar-refractivity contribution in [2.24, 2.45) is 14.1 Å². The lowest BCUT2D eigenvalue weighted by Crippen LogP contribution is -2.39. The predicted octanol–water partition coefficient (Wildman–Crippen LogP) is -0.485. The molecule has 108 valence electrons. The van der Waals surface area contributed by atoms with E-state index in [2.05, 4.69) is 24.3 Å². The number of hydrogen-bond donors (Lipinski definition) is 1. The molecule has 1 heterocycles. The number of aromatic nitrogens is 2. The first-order valence-electron chi connectivity index (χ1n) is 6.55. The molecule has 19 heavy (non-hydrogen) atoms. The van der Waals surface area contributed by atoms with Crippen molar-refractivity contribution in [1.29, 1.82) is 0 Å². The van der Waals surface area contributed by atoms with Gasteiger partial charge in [0.15, 0.2) is 0 Å². The lowest BCUT2D eigenvalue weighted by molar-refractivity contribution is 0.391. The fourth-order valence-corrected chi connectivity index (χ4v) is 1.84. The molecule has 0 bridgehead atoms. The average Bonchev–Trinajstić information content (AvgIpc) is 2.36. The number of nitrogens with zero attached hydrogens (tertiary/aromatic N) is 3. The minimum Gasteiger partial charge on any atom is -0.311 e. The third-order valence-electron chi connectivity index (χ3n) is 3.14. The van der Waals surface area contributed by atoms with Gasteiger partial charge in [-0.15, -0.1) is 0 Å². The Morgan fingerprint density at radius 3 is 2.47 bits per heavy atom. The topological polar surface area (TPSA) is 59.3 Å². The molecule has 6 nitrogen and oxygen atoms in total. The summed E-state index contributed by atoms with van der Waals surface area (Å²) in [7, 11) is 7.29. The van der Waals surface area contributed by atoms with E-state index in [0.29, 0.717) is 6.54 Å². The van der Waals surface area contributed by atoms with E-state index in [9.17, 15) is 9.59 Å². The van der Waals surface area contributed by atoms with Crippen LogP contribution in [0.2, 0.25) is 0 Å². The molecule has 0 aliphatic carbocycles. The van der Waals surface area contributed by atoms with Crippen molar-refractivity contribution >= 4 is 0 Å². The quantitative estimate of drug-likeness (QED) is 0.678. The molecule has 6 heteroatoms. The minimum atomic E-state index is -0.281. The van der Waals surface area contributed by atoms with Crippen LogP contribution in [0, 0.1) is 0 Å². The van der Waals surface area contributed by atoms with Crippen LogP contribution in [0.1, 0.15) is 18.5 Å². The SMILES string of the molecule is CN(C)CCCCNCc1cc(=O)n(C)c(=O)n1C. The maximum atomic E-state index is 11.7. The summed E-state index contributed by atoms with van der Waals surface area (Å²) in [5.74, 6) is 0. The molecule has 0 saturated heterocycles. The van der Waals surface area contributed by atoms with Crippen molar-refractivity contribution in [2.45, 2.75) is 19.4 Å². The summed E-state index contributed by atoms with van der Waals surface area (Å²) in [6, 6.07) is 1.51. The van der Waals surface area contributed by atoms with Gasteiger partial charge in [-0.3, -0.25) is 13.9 Å². The van der Waals surface area contributed by atoms with Gasteiger partial charge in [-0.2, -0.15) is 0 Å². The van der Waals surface area contributed by atoms with Gasteiger partial charge in [-0.1, -0.05) is 0 Å². The first-order chi connectivity index (χ1) is 8.93. The Bertz CT molecular complexity index is 516. The molecule has 0 aromatic carbocycles. The highest BCUT2D eigenvalue weighted by atomic mass is 16.2. The smallest absolute Gasteiger partial charge is 0.311 e. The van der Waals surface area contributed by atoms with E-state index in [4.69, 9.17) is 0 Å². The van der Waals surface area contributed by atoms with Crippen LogP contribution in [0.4, 0.5) is 0 Å². The molecule has 0 aliphatic heterocycles. The Balaban J connectivity index is 2.47. The second-order valence-electron chi connectivity index (χ2n) is 5.06. The Hall–Kier alpha value is -1.40. The summed E-state index contributed by atoms with van der Waals surface area (Å²) in [5.41, 5.74) is 0.185. The van der Waals surface area contributed by atoms with Crippen LogP contribution in [-0.2, 0) is 20.6 Å². The Kier molecular flexibility index (Phi) is 5.98. The molecule has 0 radical (unpaired) electrons. The number of hydrogen-bond acceptors (Lipinski definition) is 4. The van der Waals surface area contributed by atoms with Gasteiger partial charge in [0.2, 0.25) is 0 Å². The van der Waals surface area contributed by atoms with Crippen LogP contribution in [0.5, 0.6) is 0 Å². The fraction of sp³-hybridized carbons (Fsp3) is 0.692. The van der Waals surface area contributed by atoms with Gasteiger partial charge in [-0.25, -0.2) is 4.79 Å². The summed E-state index contributed by atoms with van der Waals surface area (Å²) in [4.78, 5) is 25.4. The summed E-state index contributed by atoms with van der Waals surface area (Å²) >= 11 is 0. The Morgan fingerprint density at radius 2 is 1.84 bits per heavy atom. The number of unbranched alkanes of at least 4 members (excludes halogenated alkanes) is 1. The van der Waals surface area contributed by atoms with E-state index in [-0.39, 0.29) is 11.2 Å². The van der Waals surface area contributed by atoms with Gasteiger partial charge in [0.05, 0.1) is 0 Å². The second-order valence-corrected chi connectivity index (χ2v) is 5.06. The van der Waals surface area contributed by atoms with Gasteiger partial charge < -0.3 is 10.2 Å². The van der Waals surface area contributed by atoms with Crippen LogP contribution < -0.4 is 16.6 Å². The van der Waals surface area contributed by atoms with Gasteiger partial charge in [0.25, 0.3) is 5.56 Å². The van der Waals surface area contributed by atoms with E-state index >= 15 is 0 Å². The van der Waals surface area contributed by atoms with Gasteiger partial charge in [0.1, 0.15) is 0 Å². The van der Waals surface area contributed by atoms with Crippen LogP contribution in [-0.4, -0.2) is 41.2 Å². The van der Waals surface area contributed by atoms with Crippen molar-refractivity contribution in [1.82, 2.24) is 19.4 Å². The average molecular weight is 268 g/mol. The molecule has 0 unspecified atom stereocenters. The van der Waals surface area contributed by atoms with Crippen molar-refractivity contribution in [3.8, 4) is 0 Å². The van der Waals surface area contributed by atoms with Crippen molar-refractivity contribution < 1.29 is 0 Å². The zero-order valence-corrected chi connectivity index (χ0v) is 12.3. The highest BCUT2D eigenvalue weighted by Gasteiger charge is 2.04. The normalized spacial score (nSPS) is 11.2. The maximum absolute atomic E-state index is 11.7. The largest absolute Gasteiger partial charge is 0.330 e. The molecule has 1 aromatic heterocycles. The van der Waals surface area contributed by atoms with Crippen LogP contribution >= 0.6 is 0 Å². The van der Waals surface area contributed by atoms with E-state index in [1.165, 1.54) is 17.7 Å². The number of rotatable bonds is 7. The third-order valence-corrected chi connectivity index (χ3v) is 3.14. The molecular weight excluding hydrogens is 244 g/mol. The van der Waals surface area contributed by atoms with Crippen LogP contribution in [0.3, 0.4) is 0 Å². The molecule has 1 N–H and O–H groups in total. The van der Waals surface area contributed by atoms with E-state index in [1.54, 1.807) is 7.05 Å². The van der Waals surface area contributed by atoms with Crippen molar-refractivity contribution in [3.63, 3.8) is 0 Å². The lowest BCUT2D eigenvalue weighted by atomic mass is 10.3. The zero-order chi connectivity index (χ0) is 14.4. The molecule has 0 fully saturated rings. The van der Waals surface area contributed by atoms with Crippen molar-refractivity contribution in [3.05, 3.63) is 32.6 Å². The molecular formula is C13H24N4O2. The van der Waals surface area contributed by atoms with Gasteiger partial charge in [0, 0.05) is 32.4 Å². The molecule has 0 spiro atoms. The monoisotopic (exact) mass is 268 g/mol. The first-order valence-corrected chi connectivity index (χ1v) is 6.55. The summed E-state index contributed by atoms with van der Waals surface area (Å²) in [6.45, 7) is 2.51. The molecule has 1 aromatic rings. The van der Waals surface area contributed by atoms with E-state index < -0.39 is 0 Å². The number of nitrogens with one attached hydrogen (secondary N) is 1. The third kappa shape index (κ3) is 4.65. The fourth-order valence-electron chi connectivity index (χ4n) is 1.84. The Morgan fingerprint density at radius 1 is 1.16 bits per heavy atom. The molecule has 0 atom stereocenters. The van der Waals surface area contributed by atoms with Gasteiger partial charge in [-0.05, 0) is 40.0 Å².